The number of rotatable bonds is 9. The van der Waals surface area contributed by atoms with Gasteiger partial charge in [0.05, 0.1) is 11.5 Å². The van der Waals surface area contributed by atoms with E-state index in [9.17, 15) is 18.0 Å². The average Bonchev–Trinajstić information content (AvgIpc) is 3.09. The highest BCUT2D eigenvalue weighted by molar-refractivity contribution is 8.25. The lowest BCUT2D eigenvalue weighted by atomic mass is 10.1. The number of imide groups is 1. The second kappa shape index (κ2) is 11.1. The van der Waals surface area contributed by atoms with Crippen LogP contribution in [0.1, 0.15) is 44.6 Å². The molecule has 1 fully saturated rings. The first kappa shape index (κ1) is 25.2. The van der Waals surface area contributed by atoms with Gasteiger partial charge in [0.2, 0.25) is 13.9 Å². The van der Waals surface area contributed by atoms with Gasteiger partial charge in [-0.25, -0.2) is 8.42 Å². The molecule has 0 bridgehead atoms. The Hall–Kier alpha value is -2.47. The van der Waals surface area contributed by atoms with Crippen LogP contribution in [0.4, 0.5) is 4.79 Å². The summed E-state index contributed by atoms with van der Waals surface area (Å²) in [6.45, 7) is 2.59. The zero-order chi connectivity index (χ0) is 23.9. The van der Waals surface area contributed by atoms with Crippen molar-refractivity contribution in [1.29, 1.82) is 0 Å². The summed E-state index contributed by atoms with van der Waals surface area (Å²) in [5.74, 6) is 5.70. The molecule has 0 saturated carbocycles. The van der Waals surface area contributed by atoms with Gasteiger partial charge in [-0.05, 0) is 79.6 Å². The van der Waals surface area contributed by atoms with E-state index in [1.165, 1.54) is 12.1 Å². The first-order valence-electron chi connectivity index (χ1n) is 10.5. The number of sulfone groups is 1. The minimum Gasteiger partial charge on any atom is -0.494 e. The Bertz CT molecular complexity index is 1170. The van der Waals surface area contributed by atoms with E-state index in [-0.39, 0.29) is 11.3 Å². The highest BCUT2D eigenvalue weighted by atomic mass is 35.5. The third-order valence-electron chi connectivity index (χ3n) is 5.04. The summed E-state index contributed by atoms with van der Waals surface area (Å²) < 4.78 is 30.6. The number of carbonyl (C=O) groups is 2. The van der Waals surface area contributed by atoms with Gasteiger partial charge >= 0.3 is 0 Å². The molecule has 0 aliphatic carbocycles. The first-order valence-corrected chi connectivity index (χ1v) is 13.2. The zero-order valence-corrected chi connectivity index (χ0v) is 20.5. The molecule has 2 aromatic rings. The van der Waals surface area contributed by atoms with Gasteiger partial charge < -0.3 is 4.74 Å². The number of ether oxygens (including phenoxy) is 1. The maximum atomic E-state index is 13.5. The maximum Gasteiger partial charge on any atom is 0.287 e. The molecule has 1 saturated heterocycles. The van der Waals surface area contributed by atoms with Crippen LogP contribution >= 0.6 is 23.4 Å². The molecule has 1 heterocycles. The summed E-state index contributed by atoms with van der Waals surface area (Å²) >= 11 is 6.38. The van der Waals surface area contributed by atoms with Crippen molar-refractivity contribution in [2.24, 2.45) is 0 Å². The number of unbranched alkanes of at least 4 members (excludes halogenated alkanes) is 2. The van der Waals surface area contributed by atoms with E-state index in [0.717, 1.165) is 18.4 Å². The largest absolute Gasteiger partial charge is 0.494 e. The third kappa shape index (κ3) is 5.91. The van der Waals surface area contributed by atoms with Gasteiger partial charge in [-0.2, -0.15) is 0 Å². The molecular formula is C24H24ClNO5S2. The molecule has 1 aliphatic rings. The Labute approximate surface area is 203 Å². The van der Waals surface area contributed by atoms with Crippen molar-refractivity contribution < 1.29 is 22.7 Å². The predicted octanol–water partition coefficient (Wildman–Crippen LogP) is 5.19. The van der Waals surface area contributed by atoms with E-state index in [0.29, 0.717) is 42.0 Å². The van der Waals surface area contributed by atoms with Gasteiger partial charge in [0, 0.05) is 17.0 Å². The molecule has 6 nitrogen and oxygen atoms in total. The second-order valence-corrected chi connectivity index (χ2v) is 11.6. The Morgan fingerprint density at radius 2 is 1.76 bits per heavy atom. The van der Waals surface area contributed by atoms with Gasteiger partial charge in [-0.1, -0.05) is 36.8 Å². The van der Waals surface area contributed by atoms with E-state index in [2.05, 4.69) is 17.2 Å². The lowest BCUT2D eigenvalue weighted by Crippen LogP contribution is -2.43. The first-order chi connectivity index (χ1) is 15.8. The molecule has 1 atom stereocenters. The topological polar surface area (TPSA) is 89.5 Å². The van der Waals surface area contributed by atoms with Crippen LogP contribution in [0.5, 0.6) is 5.75 Å². The van der Waals surface area contributed by atoms with Crippen LogP contribution in [0, 0.1) is 11.8 Å². The van der Waals surface area contributed by atoms with Gasteiger partial charge in [-0.15, -0.1) is 0 Å². The Morgan fingerprint density at radius 1 is 1.06 bits per heavy atom. The van der Waals surface area contributed by atoms with E-state index in [4.69, 9.17) is 16.3 Å². The Kier molecular flexibility index (Phi) is 8.46. The molecule has 0 radical (unpaired) electrons. The average molecular weight is 506 g/mol. The fourth-order valence-electron chi connectivity index (χ4n) is 3.23. The fourth-order valence-corrected chi connectivity index (χ4v) is 6.73. The monoisotopic (exact) mass is 505 g/mol. The molecule has 33 heavy (non-hydrogen) atoms. The van der Waals surface area contributed by atoms with E-state index >= 15 is 0 Å². The van der Waals surface area contributed by atoms with Crippen LogP contribution in [-0.2, 0) is 14.6 Å². The van der Waals surface area contributed by atoms with Crippen LogP contribution in [-0.4, -0.2) is 30.3 Å². The van der Waals surface area contributed by atoms with E-state index in [1.807, 2.05) is 6.92 Å². The highest BCUT2D eigenvalue weighted by Crippen LogP contribution is 2.44. The molecule has 9 heteroatoms. The molecule has 174 valence electrons. The number of hydrogen-bond acceptors (Lipinski definition) is 6. The van der Waals surface area contributed by atoms with Gasteiger partial charge in [-0.3, -0.25) is 14.9 Å². The van der Waals surface area contributed by atoms with Gasteiger partial charge in [0.25, 0.3) is 11.1 Å². The number of amides is 2. The molecular weight excluding hydrogens is 482 g/mol. The number of carbonyl (C=O) groups excluding carboxylic acids is 2. The normalized spacial score (nSPS) is 17.9. The van der Waals surface area contributed by atoms with Crippen molar-refractivity contribution in [2.45, 2.75) is 48.0 Å². The number of hydrogen-bond donors (Lipinski definition) is 1. The van der Waals surface area contributed by atoms with Crippen molar-refractivity contribution in [3.05, 3.63) is 59.1 Å². The standard InChI is InChI=1S/C24H24ClNO5S2/c1-2-3-17-31-20-12-14-21(15-13-20)33(29,30)24(22(27)26-23(28)32-24)16-6-4-5-7-18-8-10-19(25)11-9-18/h8-15H,2-4,6,16-17H2,1H3,(H,26,27,28). The smallest absolute Gasteiger partial charge is 0.287 e. The molecule has 0 aromatic heterocycles. The molecule has 1 aliphatic heterocycles. The number of halogens is 1. The van der Waals surface area contributed by atoms with Crippen LogP contribution in [0.25, 0.3) is 0 Å². The molecule has 3 rings (SSSR count). The molecule has 0 spiro atoms. The summed E-state index contributed by atoms with van der Waals surface area (Å²) in [6, 6.07) is 13.0. The van der Waals surface area contributed by atoms with Crippen molar-refractivity contribution in [3.63, 3.8) is 0 Å². The highest BCUT2D eigenvalue weighted by Gasteiger charge is 2.57. The van der Waals surface area contributed by atoms with Crippen molar-refractivity contribution in [3.8, 4) is 17.6 Å². The van der Waals surface area contributed by atoms with Crippen molar-refractivity contribution in [2.75, 3.05) is 6.61 Å². The Balaban J connectivity index is 1.75. The van der Waals surface area contributed by atoms with E-state index in [1.54, 1.807) is 36.4 Å². The number of nitrogens with one attached hydrogen (secondary N) is 1. The molecule has 2 amide bonds. The Morgan fingerprint density at radius 3 is 2.36 bits per heavy atom. The zero-order valence-electron chi connectivity index (χ0n) is 18.1. The summed E-state index contributed by atoms with van der Waals surface area (Å²) in [4.78, 5) is 24.6. The lowest BCUT2D eigenvalue weighted by molar-refractivity contribution is -0.120. The number of thioether (sulfide) groups is 1. The summed E-state index contributed by atoms with van der Waals surface area (Å²) in [6.07, 6.45) is 2.53. The van der Waals surface area contributed by atoms with Crippen molar-refractivity contribution in [1.82, 2.24) is 5.32 Å². The van der Waals surface area contributed by atoms with Crippen LogP contribution in [0.15, 0.2) is 53.4 Å². The van der Waals surface area contributed by atoms with Gasteiger partial charge in [0.15, 0.2) is 0 Å². The number of benzene rings is 2. The third-order valence-corrected chi connectivity index (χ3v) is 9.36. The van der Waals surface area contributed by atoms with Crippen LogP contribution < -0.4 is 10.1 Å². The quantitative estimate of drug-likeness (QED) is 0.372. The minimum absolute atomic E-state index is 0.0325. The fraction of sp³-hybridized carbons (Fsp3) is 0.333. The molecule has 1 unspecified atom stereocenters. The molecule has 2 aromatic carbocycles. The summed E-state index contributed by atoms with van der Waals surface area (Å²) in [7, 11) is -4.16. The van der Waals surface area contributed by atoms with Crippen molar-refractivity contribution >= 4 is 44.3 Å². The summed E-state index contributed by atoms with van der Waals surface area (Å²) in [5.41, 5.74) is 0.783. The maximum absolute atomic E-state index is 13.5. The van der Waals surface area contributed by atoms with Crippen LogP contribution in [0.2, 0.25) is 5.02 Å². The lowest BCUT2D eigenvalue weighted by Gasteiger charge is -2.24. The minimum atomic E-state index is -4.16. The molecule has 1 N–H and O–H groups in total. The van der Waals surface area contributed by atoms with E-state index < -0.39 is 25.1 Å². The van der Waals surface area contributed by atoms with Crippen LogP contribution in [0.3, 0.4) is 0 Å². The SMILES string of the molecule is CCCCOc1ccc(S(=O)(=O)C2(CCCC#Cc3ccc(Cl)cc3)SC(=O)NC2=O)cc1. The second-order valence-electron chi connectivity index (χ2n) is 7.44. The van der Waals surface area contributed by atoms with Gasteiger partial charge in [0.1, 0.15) is 5.75 Å². The predicted molar refractivity (Wildman–Crippen MR) is 130 cm³/mol. The summed E-state index contributed by atoms with van der Waals surface area (Å²) in [5, 5.41) is 2.08.